The molecule has 110 valence electrons. The molecule has 1 aliphatic heterocycles. The number of hydrogen-bond acceptors (Lipinski definition) is 5. The van der Waals surface area contributed by atoms with Crippen LogP contribution in [0.2, 0.25) is 0 Å². The second-order valence-corrected chi connectivity index (χ2v) is 6.76. The van der Waals surface area contributed by atoms with Gasteiger partial charge in [-0.3, -0.25) is 0 Å². The molecule has 7 heteroatoms. The molecule has 1 amide bonds. The van der Waals surface area contributed by atoms with Gasteiger partial charge in [-0.25, -0.2) is 14.8 Å². The third-order valence-electron chi connectivity index (χ3n) is 2.86. The van der Waals surface area contributed by atoms with E-state index in [4.69, 9.17) is 4.74 Å². The Morgan fingerprint density at radius 2 is 1.85 bits per heavy atom. The van der Waals surface area contributed by atoms with E-state index in [-0.39, 0.29) is 6.09 Å². The highest BCUT2D eigenvalue weighted by atomic mass is 127. The van der Waals surface area contributed by atoms with Gasteiger partial charge in [0.05, 0.1) is 12.4 Å². The van der Waals surface area contributed by atoms with Crippen LogP contribution in [0.3, 0.4) is 0 Å². The van der Waals surface area contributed by atoms with Crippen molar-refractivity contribution in [2.75, 3.05) is 31.1 Å². The summed E-state index contributed by atoms with van der Waals surface area (Å²) in [6.45, 7) is 8.40. The molecule has 2 heterocycles. The molecular formula is C13H19IN4O2. The maximum absolute atomic E-state index is 12.0. The molecule has 1 aromatic heterocycles. The summed E-state index contributed by atoms with van der Waals surface area (Å²) in [4.78, 5) is 24.4. The first kappa shape index (κ1) is 15.3. The third-order valence-corrected chi connectivity index (χ3v) is 3.42. The van der Waals surface area contributed by atoms with E-state index in [9.17, 15) is 4.79 Å². The Bertz CT molecular complexity index is 464. The summed E-state index contributed by atoms with van der Waals surface area (Å²) in [6.07, 6.45) is 3.27. The zero-order valence-electron chi connectivity index (χ0n) is 12.0. The molecular weight excluding hydrogens is 371 g/mol. The lowest BCUT2D eigenvalue weighted by atomic mass is 10.2. The van der Waals surface area contributed by atoms with Gasteiger partial charge in [0.15, 0.2) is 0 Å². The highest BCUT2D eigenvalue weighted by Gasteiger charge is 2.26. The summed E-state index contributed by atoms with van der Waals surface area (Å²) in [7, 11) is 0. The second-order valence-electron chi connectivity index (χ2n) is 5.65. The van der Waals surface area contributed by atoms with Crippen molar-refractivity contribution in [2.45, 2.75) is 26.4 Å². The van der Waals surface area contributed by atoms with E-state index >= 15 is 0 Å². The van der Waals surface area contributed by atoms with Crippen molar-refractivity contribution in [1.29, 1.82) is 0 Å². The van der Waals surface area contributed by atoms with E-state index in [1.807, 2.05) is 20.8 Å². The van der Waals surface area contributed by atoms with Gasteiger partial charge >= 0.3 is 6.09 Å². The Labute approximate surface area is 132 Å². The SMILES string of the molecule is CC(C)(C)OC(=O)N1CCN(c2cnc(I)cn2)CC1. The minimum atomic E-state index is -0.449. The second kappa shape index (κ2) is 6.11. The van der Waals surface area contributed by atoms with Crippen molar-refractivity contribution in [3.63, 3.8) is 0 Å². The van der Waals surface area contributed by atoms with Gasteiger partial charge in [-0.05, 0) is 43.4 Å². The maximum atomic E-state index is 12.0. The third kappa shape index (κ3) is 4.19. The minimum Gasteiger partial charge on any atom is -0.444 e. The van der Waals surface area contributed by atoms with Crippen molar-refractivity contribution in [2.24, 2.45) is 0 Å². The summed E-state index contributed by atoms with van der Waals surface area (Å²) in [5, 5.41) is 0. The lowest BCUT2D eigenvalue weighted by Gasteiger charge is -2.35. The molecule has 0 spiro atoms. The maximum Gasteiger partial charge on any atom is 0.410 e. The molecule has 0 aromatic carbocycles. The molecule has 1 aliphatic rings. The highest BCUT2D eigenvalue weighted by Crippen LogP contribution is 2.15. The number of amides is 1. The van der Waals surface area contributed by atoms with Crippen molar-refractivity contribution >= 4 is 34.5 Å². The van der Waals surface area contributed by atoms with Crippen LogP contribution in [-0.4, -0.2) is 52.7 Å². The Kier molecular flexibility index (Phi) is 4.66. The average molecular weight is 390 g/mol. The minimum absolute atomic E-state index is 0.245. The van der Waals surface area contributed by atoms with E-state index in [0.717, 1.165) is 22.6 Å². The van der Waals surface area contributed by atoms with Gasteiger partial charge in [-0.1, -0.05) is 0 Å². The Balaban J connectivity index is 1.89. The predicted molar refractivity (Wildman–Crippen MR) is 84.8 cm³/mol. The van der Waals surface area contributed by atoms with Crippen molar-refractivity contribution in [3.8, 4) is 0 Å². The first-order valence-corrected chi connectivity index (χ1v) is 7.63. The molecule has 2 rings (SSSR count). The summed E-state index contributed by atoms with van der Waals surface area (Å²) >= 11 is 2.13. The fourth-order valence-electron chi connectivity index (χ4n) is 1.91. The normalized spacial score (nSPS) is 16.2. The van der Waals surface area contributed by atoms with Crippen LogP contribution < -0.4 is 4.90 Å². The van der Waals surface area contributed by atoms with Crippen molar-refractivity contribution < 1.29 is 9.53 Å². The van der Waals surface area contributed by atoms with Crippen LogP contribution in [0, 0.1) is 3.70 Å². The highest BCUT2D eigenvalue weighted by molar-refractivity contribution is 14.1. The number of anilines is 1. The van der Waals surface area contributed by atoms with Gasteiger partial charge in [0, 0.05) is 26.2 Å². The van der Waals surface area contributed by atoms with E-state index in [2.05, 4.69) is 37.5 Å². The summed E-state index contributed by atoms with van der Waals surface area (Å²) in [6, 6.07) is 0. The molecule has 6 nitrogen and oxygen atoms in total. The number of hydrogen-bond donors (Lipinski definition) is 0. The van der Waals surface area contributed by atoms with Gasteiger partial charge in [-0.15, -0.1) is 0 Å². The number of aromatic nitrogens is 2. The smallest absolute Gasteiger partial charge is 0.410 e. The number of piperazine rings is 1. The summed E-state index contributed by atoms with van der Waals surface area (Å²) in [5.74, 6) is 0.856. The summed E-state index contributed by atoms with van der Waals surface area (Å²) in [5.41, 5.74) is -0.449. The first-order chi connectivity index (χ1) is 9.35. The molecule has 0 atom stereocenters. The molecule has 20 heavy (non-hydrogen) atoms. The first-order valence-electron chi connectivity index (χ1n) is 6.55. The van der Waals surface area contributed by atoms with Crippen molar-refractivity contribution in [3.05, 3.63) is 16.1 Å². The number of halogens is 1. The van der Waals surface area contributed by atoms with Crippen LogP contribution in [0.15, 0.2) is 12.4 Å². The van der Waals surface area contributed by atoms with Gasteiger partial charge in [-0.2, -0.15) is 0 Å². The monoisotopic (exact) mass is 390 g/mol. The van der Waals surface area contributed by atoms with E-state index in [1.54, 1.807) is 17.3 Å². The van der Waals surface area contributed by atoms with Crippen LogP contribution in [0.4, 0.5) is 10.6 Å². The molecule has 0 aliphatic carbocycles. The molecule has 0 radical (unpaired) electrons. The summed E-state index contributed by atoms with van der Waals surface area (Å²) < 4.78 is 6.25. The van der Waals surface area contributed by atoms with Crippen LogP contribution in [0.5, 0.6) is 0 Å². The van der Waals surface area contributed by atoms with Gasteiger partial charge in [0.25, 0.3) is 0 Å². The Morgan fingerprint density at radius 1 is 1.20 bits per heavy atom. The zero-order valence-corrected chi connectivity index (χ0v) is 14.1. The van der Waals surface area contributed by atoms with Gasteiger partial charge < -0.3 is 14.5 Å². The van der Waals surface area contributed by atoms with Crippen LogP contribution in [0.1, 0.15) is 20.8 Å². The zero-order chi connectivity index (χ0) is 14.8. The quantitative estimate of drug-likeness (QED) is 0.688. The average Bonchev–Trinajstić information content (AvgIpc) is 2.38. The number of nitrogens with zero attached hydrogens (tertiary/aromatic N) is 4. The van der Waals surface area contributed by atoms with E-state index in [1.165, 1.54) is 0 Å². The van der Waals surface area contributed by atoms with E-state index < -0.39 is 5.60 Å². The van der Waals surface area contributed by atoms with Crippen LogP contribution >= 0.6 is 22.6 Å². The molecule has 1 fully saturated rings. The molecule has 1 aromatic rings. The lowest BCUT2D eigenvalue weighted by molar-refractivity contribution is 0.0240. The van der Waals surface area contributed by atoms with Gasteiger partial charge in [0.2, 0.25) is 0 Å². The predicted octanol–water partition coefficient (Wildman–Crippen LogP) is 2.14. The fraction of sp³-hybridized carbons (Fsp3) is 0.615. The topological polar surface area (TPSA) is 58.6 Å². The number of rotatable bonds is 1. The van der Waals surface area contributed by atoms with Crippen LogP contribution in [0.25, 0.3) is 0 Å². The molecule has 0 unspecified atom stereocenters. The Morgan fingerprint density at radius 3 is 2.35 bits per heavy atom. The van der Waals surface area contributed by atoms with Gasteiger partial charge in [0.1, 0.15) is 15.1 Å². The number of carbonyl (C=O) groups is 1. The largest absolute Gasteiger partial charge is 0.444 e. The fourth-order valence-corrected chi connectivity index (χ4v) is 2.19. The number of carbonyl (C=O) groups excluding carboxylic acids is 1. The molecule has 0 saturated carbocycles. The Hall–Kier alpha value is -1.12. The lowest BCUT2D eigenvalue weighted by Crippen LogP contribution is -2.50. The molecule has 0 N–H and O–H groups in total. The van der Waals surface area contributed by atoms with Crippen LogP contribution in [-0.2, 0) is 4.74 Å². The standard InChI is InChI=1S/C13H19IN4O2/c1-13(2,3)20-12(19)18-6-4-17(5-7-18)11-9-15-10(14)8-16-11/h8-9H,4-7H2,1-3H3. The van der Waals surface area contributed by atoms with E-state index in [0.29, 0.717) is 13.1 Å². The molecule has 1 saturated heterocycles. The molecule has 0 bridgehead atoms. The number of ether oxygens (including phenoxy) is 1. The van der Waals surface area contributed by atoms with Crippen molar-refractivity contribution in [1.82, 2.24) is 14.9 Å².